The number of pyridine rings is 1. The third-order valence-electron chi connectivity index (χ3n) is 6.93. The van der Waals surface area contributed by atoms with Gasteiger partial charge in [-0.3, -0.25) is 24.2 Å². The molecule has 36 heavy (non-hydrogen) atoms. The van der Waals surface area contributed by atoms with E-state index in [0.717, 1.165) is 28.0 Å². The van der Waals surface area contributed by atoms with E-state index in [1.807, 2.05) is 38.1 Å². The molecule has 0 saturated carbocycles. The minimum atomic E-state index is -0.920. The maximum atomic E-state index is 13.7. The number of nitrogens with two attached hydrogens (primary N) is 1. The number of hydrogen-bond donors (Lipinski definition) is 1. The first-order valence-electron chi connectivity index (χ1n) is 12.1. The van der Waals surface area contributed by atoms with Crippen molar-refractivity contribution in [2.24, 2.45) is 13.0 Å². The molecule has 188 valence electrons. The van der Waals surface area contributed by atoms with E-state index in [2.05, 4.69) is 9.97 Å². The summed E-state index contributed by atoms with van der Waals surface area (Å²) in [5, 5.41) is 0. The van der Waals surface area contributed by atoms with Crippen LogP contribution in [0.25, 0.3) is 0 Å². The Labute approximate surface area is 210 Å². The molecule has 3 amide bonds. The quantitative estimate of drug-likeness (QED) is 0.488. The van der Waals surface area contributed by atoms with E-state index in [1.165, 1.54) is 4.90 Å². The Bertz CT molecular complexity index is 1270. The second-order valence-corrected chi connectivity index (χ2v) is 9.40. The Balaban J connectivity index is 1.60. The molecule has 4 rings (SSSR count). The van der Waals surface area contributed by atoms with Crippen LogP contribution < -0.4 is 10.6 Å². The van der Waals surface area contributed by atoms with Crippen molar-refractivity contribution in [1.29, 1.82) is 0 Å². The topological polar surface area (TPSA) is 114 Å². The summed E-state index contributed by atoms with van der Waals surface area (Å²) in [5.41, 5.74) is 8.79. The van der Waals surface area contributed by atoms with Gasteiger partial charge >= 0.3 is 0 Å². The van der Waals surface area contributed by atoms with E-state index in [1.54, 1.807) is 49.4 Å². The van der Waals surface area contributed by atoms with Crippen molar-refractivity contribution in [1.82, 2.24) is 19.4 Å². The van der Waals surface area contributed by atoms with Gasteiger partial charge in [0, 0.05) is 39.1 Å². The normalized spacial score (nSPS) is 18.0. The average molecular weight is 489 g/mol. The minimum Gasteiger partial charge on any atom is -0.384 e. The molecule has 0 unspecified atom stereocenters. The number of amides is 3. The van der Waals surface area contributed by atoms with Gasteiger partial charge in [-0.25, -0.2) is 9.97 Å². The second-order valence-electron chi connectivity index (χ2n) is 9.40. The van der Waals surface area contributed by atoms with Crippen LogP contribution in [0.4, 0.5) is 11.8 Å². The van der Waals surface area contributed by atoms with E-state index >= 15 is 0 Å². The molecule has 3 heterocycles. The summed E-state index contributed by atoms with van der Waals surface area (Å²) in [7, 11) is 3.39. The van der Waals surface area contributed by atoms with E-state index in [4.69, 9.17) is 5.73 Å². The minimum absolute atomic E-state index is 0.0482. The van der Waals surface area contributed by atoms with Gasteiger partial charge in [0.2, 0.25) is 17.8 Å². The first-order chi connectivity index (χ1) is 17.2. The summed E-state index contributed by atoms with van der Waals surface area (Å²) in [4.78, 5) is 51.2. The number of nitrogen functional groups attached to an aromatic ring is 1. The van der Waals surface area contributed by atoms with E-state index in [-0.39, 0.29) is 36.5 Å². The van der Waals surface area contributed by atoms with Crippen molar-refractivity contribution in [3.8, 4) is 0 Å². The fourth-order valence-electron chi connectivity index (χ4n) is 4.81. The molecule has 1 aliphatic rings. The molecule has 0 radical (unpaired) electrons. The third-order valence-corrected chi connectivity index (χ3v) is 6.93. The van der Waals surface area contributed by atoms with Crippen LogP contribution in [-0.2, 0) is 27.9 Å². The molecule has 2 aromatic heterocycles. The number of carbonyl (C=O) groups excluding carboxylic acids is 3. The number of likely N-dealkylation sites (N-methyl/N-ethyl adjacent to an activating group) is 1. The lowest BCUT2D eigenvalue weighted by molar-refractivity contribution is -0.170. The van der Waals surface area contributed by atoms with Gasteiger partial charge in [0.05, 0.1) is 5.92 Å². The first kappa shape index (κ1) is 25.1. The SMILES string of the molecule is CC[C@@H](CC(=O)N1C(=O)[C@H](Cc2ccnc(N)c2)[C@H]1C(=O)N(C)c1nccn1C)c1ccc(C)cc1. The van der Waals surface area contributed by atoms with Gasteiger partial charge < -0.3 is 10.3 Å². The number of anilines is 2. The van der Waals surface area contributed by atoms with Gasteiger partial charge in [0.15, 0.2) is 0 Å². The Morgan fingerprint density at radius 3 is 2.47 bits per heavy atom. The van der Waals surface area contributed by atoms with E-state index in [9.17, 15) is 14.4 Å². The number of β-lactam (4-membered cyclic amide) rings is 1. The zero-order valence-electron chi connectivity index (χ0n) is 21.1. The number of imide groups is 1. The largest absolute Gasteiger partial charge is 0.384 e. The monoisotopic (exact) mass is 488 g/mol. The molecule has 1 aromatic carbocycles. The van der Waals surface area contributed by atoms with Crippen LogP contribution in [-0.4, -0.2) is 50.2 Å². The zero-order valence-corrected chi connectivity index (χ0v) is 21.1. The van der Waals surface area contributed by atoms with Crippen LogP contribution in [0, 0.1) is 12.8 Å². The number of rotatable bonds is 8. The summed E-state index contributed by atoms with van der Waals surface area (Å²) in [6, 6.07) is 10.6. The predicted octanol–water partition coefficient (Wildman–Crippen LogP) is 2.85. The highest BCUT2D eigenvalue weighted by Crippen LogP contribution is 2.35. The predicted molar refractivity (Wildman–Crippen MR) is 137 cm³/mol. The van der Waals surface area contributed by atoms with Crippen molar-refractivity contribution < 1.29 is 14.4 Å². The van der Waals surface area contributed by atoms with Gasteiger partial charge in [-0.15, -0.1) is 0 Å². The highest BCUT2D eigenvalue weighted by Gasteiger charge is 2.55. The number of nitrogens with zero attached hydrogens (tertiary/aromatic N) is 5. The lowest BCUT2D eigenvalue weighted by Gasteiger charge is -2.46. The molecule has 0 spiro atoms. The standard InChI is InChI=1S/C27H32N6O3/c1-5-19(20-8-6-17(2)7-9-20)16-23(34)33-24(26(36)32(4)27-30-12-13-31(27)3)21(25(33)35)14-18-10-11-29-22(28)15-18/h6-13,15,19,21,24H,5,14,16H2,1-4H3,(H2,28,29)/t19-,21+,24-/m0/s1. The molecule has 0 aliphatic carbocycles. The molecule has 1 saturated heterocycles. The zero-order chi connectivity index (χ0) is 26.0. The van der Waals surface area contributed by atoms with E-state index < -0.39 is 12.0 Å². The average Bonchev–Trinajstić information content (AvgIpc) is 3.29. The van der Waals surface area contributed by atoms with Crippen molar-refractivity contribution >= 4 is 29.5 Å². The Morgan fingerprint density at radius 2 is 1.86 bits per heavy atom. The van der Waals surface area contributed by atoms with Gasteiger partial charge in [0.25, 0.3) is 5.91 Å². The number of aryl methyl sites for hydroxylation is 2. The number of hydrogen-bond acceptors (Lipinski definition) is 6. The number of aromatic nitrogens is 3. The molecule has 1 fully saturated rings. The molecular weight excluding hydrogens is 456 g/mol. The summed E-state index contributed by atoms with van der Waals surface area (Å²) in [6.45, 7) is 4.03. The lowest BCUT2D eigenvalue weighted by Crippen LogP contribution is -2.69. The van der Waals surface area contributed by atoms with Crippen LogP contribution in [0.3, 0.4) is 0 Å². The van der Waals surface area contributed by atoms with Gasteiger partial charge in [-0.1, -0.05) is 36.8 Å². The molecular formula is C27H32N6O3. The number of likely N-dealkylation sites (tertiary alicyclic amines) is 1. The van der Waals surface area contributed by atoms with Gasteiger partial charge in [-0.2, -0.15) is 0 Å². The number of imidazole rings is 1. The van der Waals surface area contributed by atoms with Crippen LogP contribution in [0.5, 0.6) is 0 Å². The van der Waals surface area contributed by atoms with Gasteiger partial charge in [0.1, 0.15) is 11.9 Å². The molecule has 9 nitrogen and oxygen atoms in total. The molecule has 3 atom stereocenters. The van der Waals surface area contributed by atoms with Crippen LogP contribution >= 0.6 is 0 Å². The maximum absolute atomic E-state index is 13.7. The Kier molecular flexibility index (Phi) is 7.19. The summed E-state index contributed by atoms with van der Waals surface area (Å²) < 4.78 is 1.72. The molecule has 3 aromatic rings. The van der Waals surface area contributed by atoms with Crippen molar-refractivity contribution in [2.45, 2.75) is 45.1 Å². The Hall–Kier alpha value is -4.01. The third kappa shape index (κ3) is 4.86. The van der Waals surface area contributed by atoms with E-state index in [0.29, 0.717) is 11.8 Å². The smallest absolute Gasteiger partial charge is 0.253 e. The summed E-state index contributed by atoms with van der Waals surface area (Å²) >= 11 is 0. The summed E-state index contributed by atoms with van der Waals surface area (Å²) in [5.74, 6) is -0.995. The van der Waals surface area contributed by atoms with Crippen LogP contribution in [0.1, 0.15) is 42.4 Å². The lowest BCUT2D eigenvalue weighted by atomic mass is 9.80. The second kappa shape index (κ2) is 10.3. The van der Waals surface area contributed by atoms with Crippen LogP contribution in [0.15, 0.2) is 55.0 Å². The van der Waals surface area contributed by atoms with Gasteiger partial charge in [-0.05, 0) is 48.9 Å². The fraction of sp³-hybridized carbons (Fsp3) is 0.370. The van der Waals surface area contributed by atoms with Crippen LogP contribution in [0.2, 0.25) is 0 Å². The fourth-order valence-corrected chi connectivity index (χ4v) is 4.81. The maximum Gasteiger partial charge on any atom is 0.253 e. The highest BCUT2D eigenvalue weighted by molar-refractivity contribution is 6.12. The Morgan fingerprint density at radius 1 is 1.14 bits per heavy atom. The first-order valence-corrected chi connectivity index (χ1v) is 12.1. The van der Waals surface area contributed by atoms with Crippen molar-refractivity contribution in [3.05, 3.63) is 71.7 Å². The van der Waals surface area contributed by atoms with Crippen molar-refractivity contribution in [3.63, 3.8) is 0 Å². The van der Waals surface area contributed by atoms with Crippen molar-refractivity contribution in [2.75, 3.05) is 17.7 Å². The molecule has 2 N–H and O–H groups in total. The molecule has 9 heteroatoms. The summed E-state index contributed by atoms with van der Waals surface area (Å²) in [6.07, 6.45) is 6.08. The molecule has 1 aliphatic heterocycles. The highest BCUT2D eigenvalue weighted by atomic mass is 16.2. The molecule has 0 bridgehead atoms. The number of benzene rings is 1. The number of carbonyl (C=O) groups is 3.